The first-order valence-corrected chi connectivity index (χ1v) is 13.1. The molecule has 3 aliphatic rings. The Morgan fingerprint density at radius 1 is 0.781 bits per heavy atom. The number of halogens is 4. The minimum absolute atomic E-state index is 0.00269. The molecular weight excluding hydrogens is 412 g/mol. The molecule has 0 unspecified atom stereocenters. The lowest BCUT2D eigenvalue weighted by molar-refractivity contribution is -0.169. The molecule has 3 aliphatic carbocycles. The lowest BCUT2D eigenvalue weighted by Crippen LogP contribution is -2.47. The summed E-state index contributed by atoms with van der Waals surface area (Å²) in [5.41, 5.74) is -0.747. The zero-order chi connectivity index (χ0) is 23.2. The Labute approximate surface area is 192 Å². The van der Waals surface area contributed by atoms with Crippen molar-refractivity contribution in [1.29, 1.82) is 0 Å². The van der Waals surface area contributed by atoms with Crippen molar-refractivity contribution in [2.75, 3.05) is 0 Å². The standard InChI is InChI=1S/C28H42F4/c1-3-7-21-11-13-23(14-12-21)9-5-6-10-25-19-20-26(28(31,32)27(25,29)30)24-17-15-22(8-4-2)16-18-24/h5,9,19-24H,3-4,6-8,10-18H2,1-2H3/b9-5+. The highest BCUT2D eigenvalue weighted by Gasteiger charge is 2.62. The molecule has 0 nitrogen and oxygen atoms in total. The number of rotatable bonds is 9. The van der Waals surface area contributed by atoms with Crippen LogP contribution in [0.2, 0.25) is 0 Å². The van der Waals surface area contributed by atoms with Crippen LogP contribution in [0.3, 0.4) is 0 Å². The van der Waals surface area contributed by atoms with Crippen molar-refractivity contribution in [3.05, 3.63) is 35.5 Å². The second-order valence-electron chi connectivity index (χ2n) is 10.5. The number of hydrogen-bond donors (Lipinski definition) is 0. The third-order valence-electron chi connectivity index (χ3n) is 8.18. The highest BCUT2D eigenvalue weighted by atomic mass is 19.3. The highest BCUT2D eigenvalue weighted by Crippen LogP contribution is 2.53. The molecule has 4 heteroatoms. The molecule has 2 fully saturated rings. The number of allylic oxidation sites excluding steroid dienone is 6. The molecule has 0 aliphatic heterocycles. The fourth-order valence-corrected chi connectivity index (χ4v) is 6.19. The molecule has 0 atom stereocenters. The Hall–Kier alpha value is -1.06. The Morgan fingerprint density at radius 3 is 1.91 bits per heavy atom. The summed E-state index contributed by atoms with van der Waals surface area (Å²) in [4.78, 5) is 0. The summed E-state index contributed by atoms with van der Waals surface area (Å²) in [7, 11) is 0. The molecule has 182 valence electrons. The highest BCUT2D eigenvalue weighted by molar-refractivity contribution is 5.39. The summed E-state index contributed by atoms with van der Waals surface area (Å²) in [6.07, 6.45) is 19.6. The van der Waals surface area contributed by atoms with Gasteiger partial charge in [0.15, 0.2) is 0 Å². The Morgan fingerprint density at radius 2 is 1.34 bits per heavy atom. The summed E-state index contributed by atoms with van der Waals surface area (Å²) >= 11 is 0. The molecule has 0 aromatic rings. The van der Waals surface area contributed by atoms with Gasteiger partial charge in [0.05, 0.1) is 0 Å². The SMILES string of the molecule is CCCC1CCC(/C=C/CCC2=CC=C(C3CCC(CCC)CC3)C(F)(F)C2(F)F)CC1. The van der Waals surface area contributed by atoms with E-state index in [1.165, 1.54) is 37.8 Å². The van der Waals surface area contributed by atoms with E-state index in [0.717, 1.165) is 44.4 Å². The predicted octanol–water partition coefficient (Wildman–Crippen LogP) is 9.67. The largest absolute Gasteiger partial charge is 0.336 e. The van der Waals surface area contributed by atoms with E-state index in [1.807, 2.05) is 6.08 Å². The van der Waals surface area contributed by atoms with Gasteiger partial charge in [0.2, 0.25) is 0 Å². The first-order chi connectivity index (χ1) is 15.3. The van der Waals surface area contributed by atoms with E-state index in [0.29, 0.717) is 31.1 Å². The van der Waals surface area contributed by atoms with Crippen molar-refractivity contribution in [3.8, 4) is 0 Å². The second kappa shape index (κ2) is 11.4. The molecule has 0 heterocycles. The van der Waals surface area contributed by atoms with E-state index in [-0.39, 0.29) is 12.0 Å². The summed E-state index contributed by atoms with van der Waals surface area (Å²) in [5.74, 6) is -6.65. The van der Waals surface area contributed by atoms with Gasteiger partial charge in [-0.05, 0) is 87.9 Å². The maximum atomic E-state index is 14.9. The topological polar surface area (TPSA) is 0 Å². The van der Waals surface area contributed by atoms with Crippen molar-refractivity contribution in [3.63, 3.8) is 0 Å². The van der Waals surface area contributed by atoms with Gasteiger partial charge in [-0.15, -0.1) is 0 Å². The van der Waals surface area contributed by atoms with E-state index in [2.05, 4.69) is 19.9 Å². The fourth-order valence-electron chi connectivity index (χ4n) is 6.19. The monoisotopic (exact) mass is 454 g/mol. The third-order valence-corrected chi connectivity index (χ3v) is 8.18. The lowest BCUT2D eigenvalue weighted by atomic mass is 9.72. The van der Waals surface area contributed by atoms with Crippen molar-refractivity contribution < 1.29 is 17.6 Å². The van der Waals surface area contributed by atoms with Crippen LogP contribution in [0.4, 0.5) is 17.6 Å². The van der Waals surface area contributed by atoms with E-state index < -0.39 is 23.3 Å². The van der Waals surface area contributed by atoms with Gasteiger partial charge < -0.3 is 0 Å². The average Bonchev–Trinajstić information content (AvgIpc) is 2.76. The zero-order valence-corrected chi connectivity index (χ0v) is 20.0. The van der Waals surface area contributed by atoms with Gasteiger partial charge in [0.1, 0.15) is 0 Å². The minimum atomic E-state index is -4.08. The molecule has 32 heavy (non-hydrogen) atoms. The van der Waals surface area contributed by atoms with Crippen LogP contribution < -0.4 is 0 Å². The van der Waals surface area contributed by atoms with Gasteiger partial charge >= 0.3 is 11.8 Å². The Kier molecular flexibility index (Phi) is 9.09. The molecule has 0 amide bonds. The quantitative estimate of drug-likeness (QED) is 0.240. The van der Waals surface area contributed by atoms with E-state index in [4.69, 9.17) is 0 Å². The van der Waals surface area contributed by atoms with Crippen molar-refractivity contribution in [2.45, 2.75) is 116 Å². The van der Waals surface area contributed by atoms with Crippen LogP contribution in [0.1, 0.15) is 104 Å². The van der Waals surface area contributed by atoms with Crippen LogP contribution in [-0.2, 0) is 0 Å². The summed E-state index contributed by atoms with van der Waals surface area (Å²) in [6.45, 7) is 4.35. The molecule has 0 bridgehead atoms. The summed E-state index contributed by atoms with van der Waals surface area (Å²) < 4.78 is 59.6. The second-order valence-corrected chi connectivity index (χ2v) is 10.5. The molecule has 0 aromatic carbocycles. The van der Waals surface area contributed by atoms with Crippen LogP contribution in [0, 0.1) is 23.7 Å². The summed E-state index contributed by atoms with van der Waals surface area (Å²) in [5, 5.41) is 0. The van der Waals surface area contributed by atoms with Gasteiger partial charge in [-0.3, -0.25) is 0 Å². The van der Waals surface area contributed by atoms with E-state index in [1.54, 1.807) is 0 Å². The Bertz CT molecular complexity index is 672. The average molecular weight is 455 g/mol. The van der Waals surface area contributed by atoms with Crippen LogP contribution >= 0.6 is 0 Å². The molecule has 2 saturated carbocycles. The van der Waals surface area contributed by atoms with Crippen molar-refractivity contribution >= 4 is 0 Å². The third kappa shape index (κ3) is 5.89. The van der Waals surface area contributed by atoms with Crippen molar-refractivity contribution in [2.24, 2.45) is 23.7 Å². The van der Waals surface area contributed by atoms with Crippen LogP contribution in [0.5, 0.6) is 0 Å². The molecule has 0 N–H and O–H groups in total. The zero-order valence-electron chi connectivity index (χ0n) is 20.0. The molecule has 0 radical (unpaired) electrons. The summed E-state index contributed by atoms with van der Waals surface area (Å²) in [6, 6.07) is 0. The molecular formula is C28H42F4. The maximum Gasteiger partial charge on any atom is 0.336 e. The molecule has 0 saturated heterocycles. The molecule has 3 rings (SSSR count). The van der Waals surface area contributed by atoms with Gasteiger partial charge in [0, 0.05) is 11.1 Å². The van der Waals surface area contributed by atoms with E-state index in [9.17, 15) is 17.6 Å². The van der Waals surface area contributed by atoms with Crippen LogP contribution in [-0.4, -0.2) is 11.8 Å². The number of alkyl halides is 4. The normalized spacial score (nSPS) is 32.6. The first kappa shape index (κ1) is 25.6. The van der Waals surface area contributed by atoms with E-state index >= 15 is 0 Å². The van der Waals surface area contributed by atoms with Crippen LogP contribution in [0.15, 0.2) is 35.5 Å². The predicted molar refractivity (Wildman–Crippen MR) is 125 cm³/mol. The van der Waals surface area contributed by atoms with Gasteiger partial charge in [0.25, 0.3) is 0 Å². The van der Waals surface area contributed by atoms with Crippen molar-refractivity contribution in [1.82, 2.24) is 0 Å². The maximum absolute atomic E-state index is 14.9. The first-order valence-electron chi connectivity index (χ1n) is 13.1. The van der Waals surface area contributed by atoms with Gasteiger partial charge in [-0.1, -0.05) is 63.8 Å². The smallest absolute Gasteiger partial charge is 0.194 e. The van der Waals surface area contributed by atoms with Crippen LogP contribution in [0.25, 0.3) is 0 Å². The fraction of sp³-hybridized carbons (Fsp3) is 0.786. The minimum Gasteiger partial charge on any atom is -0.194 e. The number of hydrogen-bond acceptors (Lipinski definition) is 0. The molecule has 0 aromatic heterocycles. The molecule has 0 spiro atoms. The lowest BCUT2D eigenvalue weighted by Gasteiger charge is -2.38. The van der Waals surface area contributed by atoms with Gasteiger partial charge in [-0.25, -0.2) is 0 Å². The van der Waals surface area contributed by atoms with Gasteiger partial charge in [-0.2, -0.15) is 17.6 Å². The Balaban J connectivity index is 1.55.